The first-order valence-corrected chi connectivity index (χ1v) is 8.61. The normalized spacial score (nSPS) is 10.2. The van der Waals surface area contributed by atoms with Crippen LogP contribution >= 0.6 is 0 Å². The first kappa shape index (κ1) is 19.0. The van der Waals surface area contributed by atoms with Crippen LogP contribution in [0.25, 0.3) is 0 Å². The van der Waals surface area contributed by atoms with Gasteiger partial charge in [0.05, 0.1) is 17.7 Å². The van der Waals surface area contributed by atoms with Crippen molar-refractivity contribution in [3.8, 4) is 5.75 Å². The fourth-order valence-electron chi connectivity index (χ4n) is 2.46. The predicted octanol–water partition coefficient (Wildman–Crippen LogP) is 4.12. The van der Waals surface area contributed by atoms with Crippen LogP contribution in [0.4, 0.5) is 15.8 Å². The van der Waals surface area contributed by atoms with Crippen molar-refractivity contribution in [3.63, 3.8) is 0 Å². The number of halogens is 1. The van der Waals surface area contributed by atoms with Crippen molar-refractivity contribution in [1.82, 2.24) is 4.98 Å². The number of hydrogen-bond acceptors (Lipinski definition) is 4. The second kappa shape index (κ2) is 8.77. The largest absolute Gasteiger partial charge is 0.494 e. The highest BCUT2D eigenvalue weighted by atomic mass is 19.1. The Kier molecular flexibility index (Phi) is 5.96. The Morgan fingerprint density at radius 2 is 1.57 bits per heavy atom. The molecule has 1 heterocycles. The van der Waals surface area contributed by atoms with E-state index in [1.165, 1.54) is 36.7 Å². The van der Waals surface area contributed by atoms with Crippen LogP contribution in [-0.4, -0.2) is 23.4 Å². The van der Waals surface area contributed by atoms with Crippen molar-refractivity contribution >= 4 is 23.2 Å². The summed E-state index contributed by atoms with van der Waals surface area (Å²) in [7, 11) is 0. The third-order valence-electron chi connectivity index (χ3n) is 3.77. The second-order valence-electron chi connectivity index (χ2n) is 5.84. The lowest BCUT2D eigenvalue weighted by Gasteiger charge is -2.08. The van der Waals surface area contributed by atoms with Crippen molar-refractivity contribution in [2.24, 2.45) is 0 Å². The summed E-state index contributed by atoms with van der Waals surface area (Å²) in [5.74, 6) is -0.650. The number of carbonyl (C=O) groups is 2. The van der Waals surface area contributed by atoms with Gasteiger partial charge in [-0.15, -0.1) is 0 Å². The highest BCUT2D eigenvalue weighted by Crippen LogP contribution is 2.17. The minimum absolute atomic E-state index is 0.184. The zero-order valence-corrected chi connectivity index (χ0v) is 15.1. The first-order valence-electron chi connectivity index (χ1n) is 8.61. The first-order chi connectivity index (χ1) is 13.5. The quantitative estimate of drug-likeness (QED) is 0.675. The highest BCUT2D eigenvalue weighted by molar-refractivity contribution is 6.08. The molecule has 3 aromatic rings. The Labute approximate surface area is 161 Å². The van der Waals surface area contributed by atoms with Crippen molar-refractivity contribution in [2.75, 3.05) is 17.2 Å². The molecule has 0 aliphatic heterocycles. The van der Waals surface area contributed by atoms with E-state index in [1.54, 1.807) is 30.3 Å². The Bertz CT molecular complexity index is 990. The van der Waals surface area contributed by atoms with Crippen LogP contribution in [0.2, 0.25) is 0 Å². The van der Waals surface area contributed by atoms with Crippen LogP contribution < -0.4 is 15.4 Å². The standard InChI is InChI=1S/C21H18FN3O3/c1-2-28-19-8-6-17(7-9-19)24-20(26)14-10-15(13-23-12-14)21(27)25-18-5-3-4-16(22)11-18/h3-13H,2H2,1H3,(H,24,26)(H,25,27). The summed E-state index contributed by atoms with van der Waals surface area (Å²) >= 11 is 0. The third-order valence-corrected chi connectivity index (χ3v) is 3.77. The molecular formula is C21H18FN3O3. The summed E-state index contributed by atoms with van der Waals surface area (Å²) in [6.07, 6.45) is 2.70. The second-order valence-corrected chi connectivity index (χ2v) is 5.84. The number of benzene rings is 2. The van der Waals surface area contributed by atoms with Crippen LogP contribution in [0.15, 0.2) is 67.0 Å². The van der Waals surface area contributed by atoms with E-state index in [0.717, 1.165) is 0 Å². The minimum Gasteiger partial charge on any atom is -0.494 e. The van der Waals surface area contributed by atoms with Crippen molar-refractivity contribution in [2.45, 2.75) is 6.92 Å². The van der Waals surface area contributed by atoms with E-state index in [-0.39, 0.29) is 11.1 Å². The molecule has 0 fully saturated rings. The molecule has 142 valence electrons. The van der Waals surface area contributed by atoms with E-state index in [0.29, 0.717) is 23.7 Å². The van der Waals surface area contributed by atoms with Gasteiger partial charge in [-0.25, -0.2) is 4.39 Å². The molecular weight excluding hydrogens is 361 g/mol. The molecule has 28 heavy (non-hydrogen) atoms. The summed E-state index contributed by atoms with van der Waals surface area (Å²) in [5, 5.41) is 5.30. The Hall–Kier alpha value is -3.74. The lowest BCUT2D eigenvalue weighted by Crippen LogP contribution is -2.16. The molecule has 0 aliphatic rings. The predicted molar refractivity (Wildman–Crippen MR) is 104 cm³/mol. The maximum atomic E-state index is 13.2. The number of aromatic nitrogens is 1. The zero-order valence-electron chi connectivity index (χ0n) is 15.1. The van der Waals surface area contributed by atoms with Gasteiger partial charge in [-0.3, -0.25) is 14.6 Å². The molecule has 2 amide bonds. The average molecular weight is 379 g/mol. The third kappa shape index (κ3) is 4.91. The molecule has 0 saturated heterocycles. The van der Waals surface area contributed by atoms with Crippen LogP contribution in [0.5, 0.6) is 5.75 Å². The Morgan fingerprint density at radius 3 is 2.18 bits per heavy atom. The van der Waals surface area contributed by atoms with Gasteiger partial charge in [0, 0.05) is 23.8 Å². The highest BCUT2D eigenvalue weighted by Gasteiger charge is 2.12. The number of hydrogen-bond donors (Lipinski definition) is 2. The fraction of sp³-hybridized carbons (Fsp3) is 0.0952. The summed E-state index contributed by atoms with van der Waals surface area (Å²) < 4.78 is 18.6. The molecule has 7 heteroatoms. The van der Waals surface area contributed by atoms with Gasteiger partial charge in [0.25, 0.3) is 11.8 Å². The van der Waals surface area contributed by atoms with E-state index in [4.69, 9.17) is 4.74 Å². The van der Waals surface area contributed by atoms with E-state index >= 15 is 0 Å². The van der Waals surface area contributed by atoms with Gasteiger partial charge in [-0.1, -0.05) is 6.07 Å². The molecule has 6 nitrogen and oxygen atoms in total. The van der Waals surface area contributed by atoms with Crippen LogP contribution in [0, 0.1) is 5.82 Å². The molecule has 2 aromatic carbocycles. The van der Waals surface area contributed by atoms with E-state index in [1.807, 2.05) is 6.92 Å². The van der Waals surface area contributed by atoms with Gasteiger partial charge >= 0.3 is 0 Å². The molecule has 0 saturated carbocycles. The van der Waals surface area contributed by atoms with Gasteiger partial charge < -0.3 is 15.4 Å². The molecule has 0 unspecified atom stereocenters. The van der Waals surface area contributed by atoms with Gasteiger partial charge in [-0.05, 0) is 55.5 Å². The summed E-state index contributed by atoms with van der Waals surface area (Å²) in [6, 6.07) is 13.9. The van der Waals surface area contributed by atoms with Crippen molar-refractivity contribution < 1.29 is 18.7 Å². The zero-order chi connectivity index (χ0) is 19.9. The summed E-state index contributed by atoms with van der Waals surface area (Å²) in [4.78, 5) is 28.7. The van der Waals surface area contributed by atoms with E-state index in [2.05, 4.69) is 15.6 Å². The summed E-state index contributed by atoms with van der Waals surface area (Å²) in [6.45, 7) is 2.45. The number of nitrogens with zero attached hydrogens (tertiary/aromatic N) is 1. The molecule has 3 rings (SSSR count). The van der Waals surface area contributed by atoms with Gasteiger partial charge in [0.1, 0.15) is 11.6 Å². The minimum atomic E-state index is -0.492. The molecule has 0 spiro atoms. The Morgan fingerprint density at radius 1 is 0.929 bits per heavy atom. The van der Waals surface area contributed by atoms with Crippen LogP contribution in [-0.2, 0) is 0 Å². The number of ether oxygens (including phenoxy) is 1. The number of nitrogens with one attached hydrogen (secondary N) is 2. The lowest BCUT2D eigenvalue weighted by atomic mass is 10.1. The molecule has 0 radical (unpaired) electrons. The smallest absolute Gasteiger partial charge is 0.257 e. The molecule has 0 aliphatic carbocycles. The van der Waals surface area contributed by atoms with Gasteiger partial charge in [0.2, 0.25) is 0 Å². The van der Waals surface area contributed by atoms with Crippen LogP contribution in [0.1, 0.15) is 27.6 Å². The molecule has 1 aromatic heterocycles. The van der Waals surface area contributed by atoms with Crippen LogP contribution in [0.3, 0.4) is 0 Å². The molecule has 0 bridgehead atoms. The number of carbonyl (C=O) groups excluding carboxylic acids is 2. The SMILES string of the molecule is CCOc1ccc(NC(=O)c2cncc(C(=O)Nc3cccc(F)c3)c2)cc1. The van der Waals surface area contributed by atoms with Gasteiger partial charge in [-0.2, -0.15) is 0 Å². The lowest BCUT2D eigenvalue weighted by molar-refractivity contribution is 0.102. The number of pyridine rings is 1. The molecule has 2 N–H and O–H groups in total. The topological polar surface area (TPSA) is 80.3 Å². The summed E-state index contributed by atoms with van der Waals surface area (Å²) in [5.41, 5.74) is 1.31. The maximum Gasteiger partial charge on any atom is 0.257 e. The number of anilines is 2. The van der Waals surface area contributed by atoms with Gasteiger partial charge in [0.15, 0.2) is 0 Å². The van der Waals surface area contributed by atoms with E-state index in [9.17, 15) is 14.0 Å². The van der Waals surface area contributed by atoms with Crippen molar-refractivity contribution in [3.05, 3.63) is 83.9 Å². The number of amides is 2. The van der Waals surface area contributed by atoms with Crippen molar-refractivity contribution in [1.29, 1.82) is 0 Å². The Balaban J connectivity index is 1.69. The maximum absolute atomic E-state index is 13.2. The number of rotatable bonds is 6. The monoisotopic (exact) mass is 379 g/mol. The molecule has 0 atom stereocenters. The fourth-order valence-corrected chi connectivity index (χ4v) is 2.46. The average Bonchev–Trinajstić information content (AvgIpc) is 2.70. The van der Waals surface area contributed by atoms with E-state index < -0.39 is 17.6 Å².